The lowest BCUT2D eigenvalue weighted by Gasteiger charge is -2.39. The van der Waals surface area contributed by atoms with E-state index in [1.54, 1.807) is 30.5 Å². The Hall–Kier alpha value is -2.61. The van der Waals surface area contributed by atoms with E-state index in [4.69, 9.17) is 4.42 Å². The molecule has 2 aromatic carbocycles. The molecule has 1 aliphatic heterocycles. The number of hydrogen-bond donors (Lipinski definition) is 1. The topological polar surface area (TPSA) is 65.8 Å². The summed E-state index contributed by atoms with van der Waals surface area (Å²) in [7, 11) is -3.58. The Balaban J connectivity index is 1.45. The summed E-state index contributed by atoms with van der Waals surface area (Å²) in [5.41, 5.74) is 2.24. The van der Waals surface area contributed by atoms with Gasteiger partial charge in [-0.05, 0) is 43.3 Å². The van der Waals surface area contributed by atoms with Crippen molar-refractivity contribution in [3.8, 4) is 0 Å². The average molecular weight is 426 g/mol. The summed E-state index contributed by atoms with van der Waals surface area (Å²) in [5.74, 6) is 0.773. The van der Waals surface area contributed by atoms with Crippen molar-refractivity contribution in [1.82, 2.24) is 9.62 Å². The van der Waals surface area contributed by atoms with Gasteiger partial charge in [0.25, 0.3) is 0 Å². The maximum absolute atomic E-state index is 12.8. The molecule has 1 saturated heterocycles. The minimum absolute atomic E-state index is 0.154. The minimum atomic E-state index is -3.58. The van der Waals surface area contributed by atoms with Gasteiger partial charge < -0.3 is 9.32 Å². The lowest BCUT2D eigenvalue weighted by Crippen LogP contribution is -2.49. The third kappa shape index (κ3) is 4.75. The predicted molar refractivity (Wildman–Crippen MR) is 118 cm³/mol. The van der Waals surface area contributed by atoms with E-state index in [2.05, 4.69) is 26.7 Å². The maximum atomic E-state index is 12.8. The molecule has 0 amide bonds. The molecule has 3 aromatic rings. The number of anilines is 1. The van der Waals surface area contributed by atoms with E-state index in [0.29, 0.717) is 0 Å². The van der Waals surface area contributed by atoms with E-state index < -0.39 is 10.0 Å². The van der Waals surface area contributed by atoms with Gasteiger partial charge in [-0.25, -0.2) is 13.1 Å². The number of para-hydroxylation sites is 1. The van der Waals surface area contributed by atoms with E-state index in [1.165, 1.54) is 5.69 Å². The number of rotatable bonds is 7. The zero-order valence-corrected chi connectivity index (χ0v) is 17.9. The highest BCUT2D eigenvalue weighted by Gasteiger charge is 2.28. The van der Waals surface area contributed by atoms with Gasteiger partial charge in [0.05, 0.1) is 17.2 Å². The average Bonchev–Trinajstić information content (AvgIpc) is 3.30. The van der Waals surface area contributed by atoms with Gasteiger partial charge in [-0.3, -0.25) is 4.90 Å². The van der Waals surface area contributed by atoms with Crippen LogP contribution in [0.5, 0.6) is 0 Å². The van der Waals surface area contributed by atoms with Crippen LogP contribution in [-0.2, 0) is 10.0 Å². The molecular formula is C23H27N3O3S. The number of benzene rings is 2. The molecule has 2 heterocycles. The Kier molecular flexibility index (Phi) is 6.22. The Labute approximate surface area is 178 Å². The van der Waals surface area contributed by atoms with Crippen LogP contribution in [0.1, 0.15) is 17.4 Å². The normalized spacial score (nSPS) is 16.5. The molecule has 1 aromatic heterocycles. The predicted octanol–water partition coefficient (Wildman–Crippen LogP) is 3.43. The Morgan fingerprint density at radius 2 is 1.63 bits per heavy atom. The van der Waals surface area contributed by atoms with Gasteiger partial charge in [0.15, 0.2) is 0 Å². The number of furan rings is 1. The van der Waals surface area contributed by atoms with Crippen LogP contribution in [0.4, 0.5) is 5.69 Å². The third-order valence-electron chi connectivity index (χ3n) is 5.55. The number of hydrogen-bond acceptors (Lipinski definition) is 5. The fraction of sp³-hybridized carbons (Fsp3) is 0.304. The lowest BCUT2D eigenvalue weighted by atomic mass is 10.1. The van der Waals surface area contributed by atoms with Gasteiger partial charge in [-0.15, -0.1) is 0 Å². The molecule has 4 rings (SSSR count). The molecule has 0 unspecified atom stereocenters. The monoisotopic (exact) mass is 425 g/mol. The fourth-order valence-corrected chi connectivity index (χ4v) is 4.85. The number of aryl methyl sites for hydroxylation is 1. The van der Waals surface area contributed by atoms with Crippen molar-refractivity contribution in [3.63, 3.8) is 0 Å². The van der Waals surface area contributed by atoms with Crippen molar-refractivity contribution in [1.29, 1.82) is 0 Å². The summed E-state index contributed by atoms with van der Waals surface area (Å²) in [6.07, 6.45) is 1.64. The minimum Gasteiger partial charge on any atom is -0.468 e. The second-order valence-electron chi connectivity index (χ2n) is 7.55. The highest BCUT2D eigenvalue weighted by molar-refractivity contribution is 7.89. The summed E-state index contributed by atoms with van der Waals surface area (Å²) >= 11 is 0. The van der Waals surface area contributed by atoms with Crippen molar-refractivity contribution in [2.75, 3.05) is 37.6 Å². The van der Waals surface area contributed by atoms with Gasteiger partial charge >= 0.3 is 0 Å². The molecular weight excluding hydrogens is 398 g/mol. The van der Waals surface area contributed by atoms with Crippen LogP contribution in [0, 0.1) is 6.92 Å². The highest BCUT2D eigenvalue weighted by Crippen LogP contribution is 2.25. The Morgan fingerprint density at radius 1 is 0.933 bits per heavy atom. The zero-order valence-electron chi connectivity index (χ0n) is 17.1. The third-order valence-corrected chi connectivity index (χ3v) is 6.99. The number of piperazine rings is 1. The molecule has 1 aliphatic rings. The van der Waals surface area contributed by atoms with Crippen LogP contribution in [0.3, 0.4) is 0 Å². The molecule has 0 spiro atoms. The SMILES string of the molecule is Cc1ccc(S(=O)(=O)NC[C@H](c2ccco2)N2CCN(c3ccccc3)CC2)cc1. The first-order valence-electron chi connectivity index (χ1n) is 10.2. The Bertz CT molecular complexity index is 1030. The number of sulfonamides is 1. The second kappa shape index (κ2) is 9.04. The molecule has 1 fully saturated rings. The molecule has 0 radical (unpaired) electrons. The van der Waals surface area contributed by atoms with Gasteiger partial charge in [-0.2, -0.15) is 0 Å². The molecule has 30 heavy (non-hydrogen) atoms. The number of nitrogens with one attached hydrogen (secondary N) is 1. The van der Waals surface area contributed by atoms with Crippen molar-refractivity contribution in [2.24, 2.45) is 0 Å². The van der Waals surface area contributed by atoms with Crippen molar-refractivity contribution in [2.45, 2.75) is 17.9 Å². The maximum Gasteiger partial charge on any atom is 0.240 e. The molecule has 6 nitrogen and oxygen atoms in total. The van der Waals surface area contributed by atoms with Gasteiger partial charge in [-0.1, -0.05) is 35.9 Å². The van der Waals surface area contributed by atoms with Crippen molar-refractivity contribution >= 4 is 15.7 Å². The van der Waals surface area contributed by atoms with Crippen LogP contribution in [0.25, 0.3) is 0 Å². The molecule has 1 atom stereocenters. The smallest absolute Gasteiger partial charge is 0.240 e. The summed E-state index contributed by atoms with van der Waals surface area (Å²) in [4.78, 5) is 4.92. The van der Waals surface area contributed by atoms with Crippen molar-refractivity contribution < 1.29 is 12.8 Å². The van der Waals surface area contributed by atoms with E-state index >= 15 is 0 Å². The van der Waals surface area contributed by atoms with Crippen LogP contribution >= 0.6 is 0 Å². The molecule has 0 aliphatic carbocycles. The summed E-state index contributed by atoms with van der Waals surface area (Å²) < 4.78 is 34.0. The van der Waals surface area contributed by atoms with Crippen LogP contribution in [-0.4, -0.2) is 46.0 Å². The van der Waals surface area contributed by atoms with E-state index in [-0.39, 0.29) is 17.5 Å². The number of nitrogens with zero attached hydrogens (tertiary/aromatic N) is 2. The van der Waals surface area contributed by atoms with Crippen LogP contribution in [0.2, 0.25) is 0 Å². The molecule has 0 saturated carbocycles. The van der Waals surface area contributed by atoms with E-state index in [9.17, 15) is 8.42 Å². The molecule has 0 bridgehead atoms. The van der Waals surface area contributed by atoms with Crippen molar-refractivity contribution in [3.05, 3.63) is 84.3 Å². The first-order chi connectivity index (χ1) is 14.5. The molecule has 158 valence electrons. The zero-order chi connectivity index (χ0) is 21.0. The highest BCUT2D eigenvalue weighted by atomic mass is 32.2. The summed E-state index contributed by atoms with van der Waals surface area (Å²) in [6.45, 7) is 5.61. The van der Waals surface area contributed by atoms with Crippen LogP contribution < -0.4 is 9.62 Å². The second-order valence-corrected chi connectivity index (χ2v) is 9.32. The largest absolute Gasteiger partial charge is 0.468 e. The van der Waals surface area contributed by atoms with Gasteiger partial charge in [0, 0.05) is 38.4 Å². The summed E-state index contributed by atoms with van der Waals surface area (Å²) in [6, 6.07) is 20.8. The fourth-order valence-electron chi connectivity index (χ4n) is 3.81. The van der Waals surface area contributed by atoms with E-state index in [1.807, 2.05) is 37.3 Å². The lowest BCUT2D eigenvalue weighted by molar-refractivity contribution is 0.166. The van der Waals surface area contributed by atoms with Gasteiger partial charge in [0.1, 0.15) is 5.76 Å². The molecule has 1 N–H and O–H groups in total. The van der Waals surface area contributed by atoms with Gasteiger partial charge in [0.2, 0.25) is 10.0 Å². The first kappa shape index (κ1) is 20.7. The Morgan fingerprint density at radius 3 is 2.27 bits per heavy atom. The van der Waals surface area contributed by atoms with E-state index in [0.717, 1.165) is 37.5 Å². The standard InChI is InChI=1S/C23H27N3O3S/c1-19-9-11-21(12-10-19)30(27,28)24-18-22(23-8-5-17-29-23)26-15-13-25(14-16-26)20-6-3-2-4-7-20/h2-12,17,22,24H,13-16,18H2,1H3/t22-/m1/s1. The molecule has 7 heteroatoms. The van der Waals surface area contributed by atoms with Crippen LogP contribution in [0.15, 0.2) is 82.3 Å². The first-order valence-corrected chi connectivity index (χ1v) is 11.6. The summed E-state index contributed by atoms with van der Waals surface area (Å²) in [5, 5.41) is 0. The quantitative estimate of drug-likeness (QED) is 0.628.